The van der Waals surface area contributed by atoms with Gasteiger partial charge in [0.1, 0.15) is 6.61 Å². The molecule has 0 aromatic carbocycles. The van der Waals surface area contributed by atoms with Gasteiger partial charge in [0.15, 0.2) is 5.76 Å². The summed E-state index contributed by atoms with van der Waals surface area (Å²) < 4.78 is 4.76. The lowest BCUT2D eigenvalue weighted by molar-refractivity contribution is 0.0662. The average Bonchev–Trinajstić information content (AvgIpc) is 2.48. The van der Waals surface area contributed by atoms with Crippen molar-refractivity contribution in [3.05, 3.63) is 23.7 Å². The third kappa shape index (κ3) is 1.87. The lowest BCUT2D eigenvalue weighted by atomic mass is 10.4. The maximum atomic E-state index is 10.3. The molecule has 1 rings (SSSR count). The minimum absolute atomic E-state index is 0.155. The summed E-state index contributed by atoms with van der Waals surface area (Å²) in [4.78, 5) is 10.3. The predicted octanol–water partition coefficient (Wildman–Crippen LogP) is 0.322. The van der Waals surface area contributed by atoms with E-state index >= 15 is 0 Å². The average molecular weight is 166 g/mol. The molecule has 0 bridgehead atoms. The Hall–Kier alpha value is -1.73. The Morgan fingerprint density at radius 3 is 2.83 bits per heavy atom. The minimum Gasteiger partial charge on any atom is -0.475 e. The van der Waals surface area contributed by atoms with Crippen molar-refractivity contribution in [1.29, 1.82) is 0 Å². The predicted molar refractivity (Wildman–Crippen MR) is 39.6 cm³/mol. The second-order valence-corrected chi connectivity index (χ2v) is 1.93. The van der Waals surface area contributed by atoms with Crippen LogP contribution in [-0.4, -0.2) is 22.8 Å². The van der Waals surface area contributed by atoms with Crippen LogP contribution in [0.3, 0.4) is 0 Å². The molecule has 0 saturated carbocycles. The zero-order valence-electron chi connectivity index (χ0n) is 6.07. The van der Waals surface area contributed by atoms with Crippen molar-refractivity contribution in [2.75, 3.05) is 6.61 Å². The van der Waals surface area contributed by atoms with Crippen LogP contribution in [0, 0.1) is 11.8 Å². The first-order valence-corrected chi connectivity index (χ1v) is 3.17. The number of aliphatic hydroxyl groups excluding tert-OH is 1. The Kier molecular flexibility index (Phi) is 2.51. The molecule has 0 radical (unpaired) electrons. The van der Waals surface area contributed by atoms with E-state index < -0.39 is 5.97 Å². The highest BCUT2D eigenvalue weighted by molar-refractivity contribution is 5.84. The molecule has 1 heterocycles. The molecule has 4 nitrogen and oxygen atoms in total. The summed E-state index contributed by atoms with van der Waals surface area (Å²) in [5.41, 5.74) is 0. The Morgan fingerprint density at radius 1 is 1.58 bits per heavy atom. The fourth-order valence-corrected chi connectivity index (χ4v) is 0.647. The summed E-state index contributed by atoms with van der Waals surface area (Å²) in [6.07, 6.45) is 0. The lowest BCUT2D eigenvalue weighted by Crippen LogP contribution is -1.91. The maximum absolute atomic E-state index is 10.3. The van der Waals surface area contributed by atoms with E-state index in [1.165, 1.54) is 12.1 Å². The first kappa shape index (κ1) is 8.37. The molecule has 0 amide bonds. The van der Waals surface area contributed by atoms with Gasteiger partial charge in [-0.25, -0.2) is 4.79 Å². The molecule has 0 aliphatic heterocycles. The van der Waals surface area contributed by atoms with Gasteiger partial charge in [-0.1, -0.05) is 5.92 Å². The topological polar surface area (TPSA) is 70.7 Å². The largest absolute Gasteiger partial charge is 0.475 e. The van der Waals surface area contributed by atoms with E-state index in [2.05, 4.69) is 11.8 Å². The van der Waals surface area contributed by atoms with Gasteiger partial charge in [0, 0.05) is 0 Å². The second kappa shape index (κ2) is 3.60. The molecular weight excluding hydrogens is 160 g/mol. The van der Waals surface area contributed by atoms with E-state index in [0.717, 1.165) is 0 Å². The quantitative estimate of drug-likeness (QED) is 0.589. The summed E-state index contributed by atoms with van der Waals surface area (Å²) in [6.45, 7) is -0.275. The van der Waals surface area contributed by atoms with Gasteiger partial charge in [-0.05, 0) is 18.1 Å². The number of carboxylic acid groups (broad SMARTS) is 1. The van der Waals surface area contributed by atoms with Crippen LogP contribution in [-0.2, 0) is 0 Å². The van der Waals surface area contributed by atoms with Gasteiger partial charge < -0.3 is 14.6 Å². The lowest BCUT2D eigenvalue weighted by Gasteiger charge is -1.82. The zero-order chi connectivity index (χ0) is 8.97. The highest BCUT2D eigenvalue weighted by Crippen LogP contribution is 2.05. The van der Waals surface area contributed by atoms with E-state index in [1.807, 2.05) is 0 Å². The van der Waals surface area contributed by atoms with E-state index in [4.69, 9.17) is 14.6 Å². The van der Waals surface area contributed by atoms with E-state index in [-0.39, 0.29) is 18.1 Å². The van der Waals surface area contributed by atoms with E-state index in [1.54, 1.807) is 0 Å². The number of carboxylic acids is 1. The molecule has 0 spiro atoms. The fourth-order valence-electron chi connectivity index (χ4n) is 0.647. The fraction of sp³-hybridized carbons (Fsp3) is 0.125. The molecule has 1 aromatic heterocycles. The van der Waals surface area contributed by atoms with Crippen LogP contribution in [0.5, 0.6) is 0 Å². The van der Waals surface area contributed by atoms with Crippen molar-refractivity contribution in [3.63, 3.8) is 0 Å². The first-order valence-electron chi connectivity index (χ1n) is 3.17. The smallest absolute Gasteiger partial charge is 0.371 e. The highest BCUT2D eigenvalue weighted by Gasteiger charge is 2.06. The molecule has 0 aliphatic rings. The van der Waals surface area contributed by atoms with Crippen LogP contribution >= 0.6 is 0 Å². The molecule has 12 heavy (non-hydrogen) atoms. The number of carbonyl (C=O) groups is 1. The van der Waals surface area contributed by atoms with Gasteiger partial charge in [0.05, 0.1) is 0 Å². The molecule has 0 atom stereocenters. The minimum atomic E-state index is -1.13. The number of furan rings is 1. The molecule has 62 valence electrons. The standard InChI is InChI=1S/C8H6O4/c9-5-1-2-6-3-4-7(12-6)8(10)11/h3-4,9H,5H2,(H,10,11). The van der Waals surface area contributed by atoms with E-state index in [9.17, 15) is 4.79 Å². The number of aliphatic hydroxyl groups is 1. The van der Waals surface area contributed by atoms with Crippen LogP contribution in [0.1, 0.15) is 16.3 Å². The van der Waals surface area contributed by atoms with Crippen molar-refractivity contribution in [3.8, 4) is 11.8 Å². The monoisotopic (exact) mass is 166 g/mol. The molecular formula is C8H6O4. The van der Waals surface area contributed by atoms with Gasteiger partial charge >= 0.3 is 5.97 Å². The SMILES string of the molecule is O=C(O)c1ccc(C#CCO)o1. The molecule has 0 fully saturated rings. The number of aromatic carboxylic acids is 1. The molecule has 4 heteroatoms. The maximum Gasteiger partial charge on any atom is 0.371 e. The Morgan fingerprint density at radius 2 is 2.33 bits per heavy atom. The molecule has 0 saturated heterocycles. The van der Waals surface area contributed by atoms with Crippen molar-refractivity contribution in [2.24, 2.45) is 0 Å². The van der Waals surface area contributed by atoms with Crippen LogP contribution in [0.15, 0.2) is 16.5 Å². The van der Waals surface area contributed by atoms with Crippen LogP contribution in [0.25, 0.3) is 0 Å². The third-order valence-electron chi connectivity index (χ3n) is 1.11. The molecule has 1 aromatic rings. The molecule has 2 N–H and O–H groups in total. The highest BCUT2D eigenvalue weighted by atomic mass is 16.4. The summed E-state index contributed by atoms with van der Waals surface area (Å²) in [6, 6.07) is 2.75. The van der Waals surface area contributed by atoms with Gasteiger partial charge in [0.2, 0.25) is 5.76 Å². The number of rotatable bonds is 1. The summed E-state index contributed by atoms with van der Waals surface area (Å²) in [5.74, 6) is 3.73. The van der Waals surface area contributed by atoms with Crippen LogP contribution in [0.2, 0.25) is 0 Å². The van der Waals surface area contributed by atoms with Gasteiger partial charge in [-0.15, -0.1) is 0 Å². The Bertz CT molecular complexity index is 339. The second-order valence-electron chi connectivity index (χ2n) is 1.93. The zero-order valence-corrected chi connectivity index (χ0v) is 6.07. The van der Waals surface area contributed by atoms with Crippen molar-refractivity contribution in [2.45, 2.75) is 0 Å². The third-order valence-corrected chi connectivity index (χ3v) is 1.11. The Labute approximate surface area is 68.4 Å². The summed E-state index contributed by atoms with van der Waals surface area (Å²) >= 11 is 0. The normalized spacial score (nSPS) is 8.75. The number of hydrogen-bond acceptors (Lipinski definition) is 3. The van der Waals surface area contributed by atoms with Gasteiger partial charge in [-0.2, -0.15) is 0 Å². The van der Waals surface area contributed by atoms with Crippen molar-refractivity contribution < 1.29 is 19.4 Å². The Balaban J connectivity index is 2.84. The first-order chi connectivity index (χ1) is 5.74. The van der Waals surface area contributed by atoms with Crippen LogP contribution in [0.4, 0.5) is 0 Å². The van der Waals surface area contributed by atoms with Crippen LogP contribution < -0.4 is 0 Å². The van der Waals surface area contributed by atoms with E-state index in [0.29, 0.717) is 0 Å². The summed E-state index contributed by atoms with van der Waals surface area (Å²) in [7, 11) is 0. The van der Waals surface area contributed by atoms with Gasteiger partial charge in [0.25, 0.3) is 0 Å². The number of hydrogen-bond donors (Lipinski definition) is 2. The summed E-state index contributed by atoms with van der Waals surface area (Å²) in [5, 5.41) is 16.7. The molecule has 0 aliphatic carbocycles. The van der Waals surface area contributed by atoms with Gasteiger partial charge in [-0.3, -0.25) is 0 Å². The van der Waals surface area contributed by atoms with Crippen molar-refractivity contribution >= 4 is 5.97 Å². The molecule has 0 unspecified atom stereocenters. The van der Waals surface area contributed by atoms with Crippen molar-refractivity contribution in [1.82, 2.24) is 0 Å².